The molecule has 20 heavy (non-hydrogen) atoms. The number of nitrogens with one attached hydrogen (secondary N) is 1. The van der Waals surface area contributed by atoms with Crippen LogP contribution in [0.5, 0.6) is 0 Å². The van der Waals surface area contributed by atoms with E-state index in [1.807, 2.05) is 30.3 Å². The first-order valence-corrected chi connectivity index (χ1v) is 7.41. The minimum absolute atomic E-state index is 0.0350. The van der Waals surface area contributed by atoms with Gasteiger partial charge in [-0.25, -0.2) is 0 Å². The summed E-state index contributed by atoms with van der Waals surface area (Å²) < 4.78 is 0. The summed E-state index contributed by atoms with van der Waals surface area (Å²) in [6, 6.07) is 11.6. The van der Waals surface area contributed by atoms with Gasteiger partial charge in [-0.1, -0.05) is 51.1 Å². The van der Waals surface area contributed by atoms with Crippen LogP contribution in [0, 0.1) is 0 Å². The standard InChI is InChI=1S/C16H20N2OS/c1-16(2,3)14-12(17)9-13(20-14)15(19)18-10-11-7-5-4-6-8-11/h4-9H,10,17H2,1-3H3,(H,18,19). The molecule has 0 aliphatic rings. The van der Waals surface area contributed by atoms with E-state index in [0.717, 1.165) is 10.4 Å². The fourth-order valence-corrected chi connectivity index (χ4v) is 3.02. The maximum Gasteiger partial charge on any atom is 0.261 e. The normalized spacial score (nSPS) is 11.3. The summed E-state index contributed by atoms with van der Waals surface area (Å²) >= 11 is 1.47. The zero-order valence-electron chi connectivity index (χ0n) is 12.1. The lowest BCUT2D eigenvalue weighted by Gasteiger charge is -2.16. The average molecular weight is 288 g/mol. The van der Waals surface area contributed by atoms with Crippen molar-refractivity contribution in [1.29, 1.82) is 0 Å². The van der Waals surface area contributed by atoms with Gasteiger partial charge < -0.3 is 11.1 Å². The van der Waals surface area contributed by atoms with Crippen molar-refractivity contribution in [1.82, 2.24) is 5.32 Å². The smallest absolute Gasteiger partial charge is 0.261 e. The molecule has 106 valence electrons. The van der Waals surface area contributed by atoms with Crippen LogP contribution in [0.15, 0.2) is 36.4 Å². The maximum absolute atomic E-state index is 12.2. The molecule has 2 rings (SSSR count). The minimum atomic E-state index is -0.0685. The number of rotatable bonds is 3. The van der Waals surface area contributed by atoms with Gasteiger partial charge in [-0.2, -0.15) is 0 Å². The van der Waals surface area contributed by atoms with E-state index in [2.05, 4.69) is 26.1 Å². The molecule has 4 heteroatoms. The Bertz CT molecular complexity index is 597. The van der Waals surface area contributed by atoms with Crippen LogP contribution in [0.3, 0.4) is 0 Å². The van der Waals surface area contributed by atoms with Gasteiger partial charge in [0, 0.05) is 17.1 Å². The Kier molecular flexibility index (Phi) is 4.14. The molecule has 2 aromatic rings. The Hall–Kier alpha value is -1.81. The molecule has 1 amide bonds. The molecule has 0 fully saturated rings. The number of carbonyl (C=O) groups is 1. The molecule has 3 nitrogen and oxygen atoms in total. The third-order valence-corrected chi connectivity index (χ3v) is 4.54. The monoisotopic (exact) mass is 288 g/mol. The Morgan fingerprint density at radius 2 is 1.90 bits per heavy atom. The molecule has 1 aromatic heterocycles. The van der Waals surface area contributed by atoms with E-state index in [0.29, 0.717) is 17.1 Å². The van der Waals surface area contributed by atoms with Crippen molar-refractivity contribution < 1.29 is 4.79 Å². The third-order valence-electron chi connectivity index (χ3n) is 2.96. The minimum Gasteiger partial charge on any atom is -0.398 e. The van der Waals surface area contributed by atoms with Crippen molar-refractivity contribution in [3.05, 3.63) is 51.7 Å². The quantitative estimate of drug-likeness (QED) is 0.907. The molecule has 1 heterocycles. The number of amides is 1. The molecule has 0 aliphatic heterocycles. The SMILES string of the molecule is CC(C)(C)c1sc(C(=O)NCc2ccccc2)cc1N. The van der Waals surface area contributed by atoms with Gasteiger partial charge in [-0.15, -0.1) is 11.3 Å². The van der Waals surface area contributed by atoms with Crippen LogP contribution in [0.2, 0.25) is 0 Å². The highest BCUT2D eigenvalue weighted by atomic mass is 32.1. The lowest BCUT2D eigenvalue weighted by atomic mass is 9.94. The molecule has 1 aromatic carbocycles. The van der Waals surface area contributed by atoms with E-state index < -0.39 is 0 Å². The van der Waals surface area contributed by atoms with Crippen LogP contribution in [-0.4, -0.2) is 5.91 Å². The number of benzene rings is 1. The van der Waals surface area contributed by atoms with Crippen molar-refractivity contribution in [3.8, 4) is 0 Å². The van der Waals surface area contributed by atoms with Crippen molar-refractivity contribution in [2.45, 2.75) is 32.7 Å². The molecule has 0 saturated heterocycles. The number of nitrogen functional groups attached to an aromatic ring is 1. The Labute approximate surface area is 123 Å². The summed E-state index contributed by atoms with van der Waals surface area (Å²) in [5, 5.41) is 2.92. The van der Waals surface area contributed by atoms with Crippen LogP contribution in [0.1, 0.15) is 40.9 Å². The van der Waals surface area contributed by atoms with Crippen molar-refractivity contribution in [2.75, 3.05) is 5.73 Å². The molecule has 0 saturated carbocycles. The van der Waals surface area contributed by atoms with Gasteiger partial charge >= 0.3 is 0 Å². The summed E-state index contributed by atoms with van der Waals surface area (Å²) in [5.74, 6) is -0.0685. The van der Waals surface area contributed by atoms with E-state index in [-0.39, 0.29) is 11.3 Å². The second kappa shape index (κ2) is 5.67. The highest BCUT2D eigenvalue weighted by Crippen LogP contribution is 2.35. The fraction of sp³-hybridized carbons (Fsp3) is 0.312. The average Bonchev–Trinajstić information content (AvgIpc) is 2.79. The first-order chi connectivity index (χ1) is 9.38. The van der Waals surface area contributed by atoms with Crippen molar-refractivity contribution in [3.63, 3.8) is 0 Å². The van der Waals surface area contributed by atoms with E-state index in [4.69, 9.17) is 5.73 Å². The van der Waals surface area contributed by atoms with Crippen LogP contribution in [0.25, 0.3) is 0 Å². The summed E-state index contributed by atoms with van der Waals surface area (Å²) in [4.78, 5) is 13.9. The largest absolute Gasteiger partial charge is 0.398 e. The van der Waals surface area contributed by atoms with Crippen molar-refractivity contribution in [2.24, 2.45) is 0 Å². The zero-order chi connectivity index (χ0) is 14.8. The van der Waals surface area contributed by atoms with E-state index >= 15 is 0 Å². The van der Waals surface area contributed by atoms with Gasteiger partial charge in [-0.05, 0) is 17.0 Å². The van der Waals surface area contributed by atoms with Crippen LogP contribution in [-0.2, 0) is 12.0 Å². The Balaban J connectivity index is 2.07. The lowest BCUT2D eigenvalue weighted by molar-refractivity contribution is 0.0955. The molecular weight excluding hydrogens is 268 g/mol. The summed E-state index contributed by atoms with van der Waals surface area (Å²) in [6.07, 6.45) is 0. The van der Waals surface area contributed by atoms with E-state index in [9.17, 15) is 4.79 Å². The van der Waals surface area contributed by atoms with Gasteiger partial charge in [0.2, 0.25) is 0 Å². The predicted octanol–water partition coefficient (Wildman–Crippen LogP) is 3.56. The molecule has 0 aliphatic carbocycles. The lowest BCUT2D eigenvalue weighted by Crippen LogP contribution is -2.21. The molecule has 0 unspecified atom stereocenters. The van der Waals surface area contributed by atoms with Gasteiger partial charge in [0.15, 0.2) is 0 Å². The first kappa shape index (κ1) is 14.6. The molecule has 3 N–H and O–H groups in total. The molecule has 0 bridgehead atoms. The number of nitrogens with two attached hydrogens (primary N) is 1. The highest BCUT2D eigenvalue weighted by Gasteiger charge is 2.22. The topological polar surface area (TPSA) is 55.1 Å². The second-order valence-electron chi connectivity index (χ2n) is 5.81. The first-order valence-electron chi connectivity index (χ1n) is 6.60. The summed E-state index contributed by atoms with van der Waals surface area (Å²) in [6.45, 7) is 6.82. The maximum atomic E-state index is 12.2. The number of hydrogen-bond donors (Lipinski definition) is 2. The highest BCUT2D eigenvalue weighted by molar-refractivity contribution is 7.14. The molecule has 0 spiro atoms. The van der Waals surface area contributed by atoms with Crippen LogP contribution in [0.4, 0.5) is 5.69 Å². The summed E-state index contributed by atoms with van der Waals surface area (Å²) in [7, 11) is 0. The van der Waals surface area contributed by atoms with E-state index in [1.165, 1.54) is 11.3 Å². The van der Waals surface area contributed by atoms with Gasteiger partial charge in [-0.3, -0.25) is 4.79 Å². The van der Waals surface area contributed by atoms with E-state index in [1.54, 1.807) is 6.07 Å². The number of carbonyl (C=O) groups excluding carboxylic acids is 1. The van der Waals surface area contributed by atoms with Crippen LogP contribution >= 0.6 is 11.3 Å². The number of hydrogen-bond acceptors (Lipinski definition) is 3. The fourth-order valence-electron chi connectivity index (χ4n) is 1.97. The zero-order valence-corrected chi connectivity index (χ0v) is 12.9. The third kappa shape index (κ3) is 3.39. The second-order valence-corrected chi connectivity index (χ2v) is 6.87. The van der Waals surface area contributed by atoms with Gasteiger partial charge in [0.1, 0.15) is 0 Å². The van der Waals surface area contributed by atoms with Crippen molar-refractivity contribution >= 4 is 22.9 Å². The Morgan fingerprint density at radius 1 is 1.25 bits per heavy atom. The van der Waals surface area contributed by atoms with Gasteiger partial charge in [0.05, 0.1) is 4.88 Å². The van der Waals surface area contributed by atoms with Gasteiger partial charge in [0.25, 0.3) is 5.91 Å². The Morgan fingerprint density at radius 3 is 2.45 bits per heavy atom. The predicted molar refractivity (Wildman–Crippen MR) is 85.0 cm³/mol. The molecular formula is C16H20N2OS. The summed E-state index contributed by atoms with van der Waals surface area (Å²) in [5.41, 5.74) is 7.75. The number of thiophene rings is 1. The molecule has 0 atom stereocenters. The molecule has 0 radical (unpaired) electrons. The number of anilines is 1. The van der Waals surface area contributed by atoms with Crippen LogP contribution < -0.4 is 11.1 Å².